The lowest BCUT2D eigenvalue weighted by Crippen LogP contribution is -2.43. The lowest BCUT2D eigenvalue weighted by atomic mass is 9.99. The van der Waals surface area contributed by atoms with Crippen molar-refractivity contribution in [3.8, 4) is 0 Å². The highest BCUT2D eigenvalue weighted by Crippen LogP contribution is 2.50. The molecule has 24 heteroatoms. The molecule has 2 radical (unpaired) electrons. The second-order valence-electron chi connectivity index (χ2n) is 10.7. The molecule has 4 aromatic heterocycles. The van der Waals surface area contributed by atoms with Crippen LogP contribution in [0.15, 0.2) is 23.8 Å². The van der Waals surface area contributed by atoms with Crippen molar-refractivity contribution in [2.75, 3.05) is 25.5 Å². The number of H-pyrrole nitrogens is 1. The molecule has 0 aliphatic carbocycles. The summed E-state index contributed by atoms with van der Waals surface area (Å²) >= 11 is 0. The largest absolute Gasteiger partial charge is 0.396 e. The highest BCUT2D eigenvalue weighted by Gasteiger charge is 2.53. The molecular formula is C22H25BFN10O10PS. The second kappa shape index (κ2) is 11.4. The van der Waals surface area contributed by atoms with Gasteiger partial charge in [0.2, 0.25) is 7.57 Å². The van der Waals surface area contributed by atoms with Crippen LogP contribution in [0.25, 0.3) is 22.3 Å². The SMILES string of the molecule is [B]P1(=O)OCC2OC(n3cnc4c(=O)[nH]c(C)nc43)C(OS(=O)(=O)NCC3OC(n4cnc5c(N)ncnc54)C(F)C3O1)C2CO. The number of imidazole rings is 2. The smallest absolute Gasteiger partial charge is 0.336 e. The van der Waals surface area contributed by atoms with E-state index in [-0.39, 0.29) is 34.0 Å². The number of nitrogen functional groups attached to an aromatic ring is 1. The molecule has 3 saturated heterocycles. The van der Waals surface area contributed by atoms with Gasteiger partial charge in [-0.15, -0.1) is 0 Å². The van der Waals surface area contributed by atoms with Crippen molar-refractivity contribution >= 4 is 53.5 Å². The van der Waals surface area contributed by atoms with Gasteiger partial charge in [0.1, 0.15) is 36.0 Å². The number of aromatic amines is 1. The van der Waals surface area contributed by atoms with Crippen molar-refractivity contribution < 1.29 is 45.2 Å². The molecule has 0 spiro atoms. The van der Waals surface area contributed by atoms with E-state index in [1.54, 1.807) is 0 Å². The highest BCUT2D eigenvalue weighted by molar-refractivity contribution is 7.84. The van der Waals surface area contributed by atoms with Crippen molar-refractivity contribution in [3.05, 3.63) is 35.2 Å². The lowest BCUT2D eigenvalue weighted by Gasteiger charge is -2.26. The summed E-state index contributed by atoms with van der Waals surface area (Å²) in [4.78, 5) is 35.3. The Morgan fingerprint density at radius 2 is 1.83 bits per heavy atom. The second-order valence-corrected chi connectivity index (χ2v) is 13.7. The summed E-state index contributed by atoms with van der Waals surface area (Å²) in [6, 6.07) is 0. The number of ether oxygens (including phenoxy) is 2. The predicted octanol–water partition coefficient (Wildman–Crippen LogP) is -1.50. The van der Waals surface area contributed by atoms with E-state index in [0.29, 0.717) is 0 Å². The van der Waals surface area contributed by atoms with Gasteiger partial charge in [-0.1, -0.05) is 0 Å². The minimum atomic E-state index is -4.71. The van der Waals surface area contributed by atoms with E-state index < -0.39 is 92.1 Å². The Morgan fingerprint density at radius 1 is 1.11 bits per heavy atom. The Bertz CT molecular complexity index is 2030. The molecule has 46 heavy (non-hydrogen) atoms. The quantitative estimate of drug-likeness (QED) is 0.142. The summed E-state index contributed by atoms with van der Waals surface area (Å²) in [6.45, 7) is -0.410. The monoisotopic (exact) mass is 682 g/mol. The Labute approximate surface area is 258 Å². The van der Waals surface area contributed by atoms with Gasteiger partial charge in [0.25, 0.3) is 13.0 Å². The van der Waals surface area contributed by atoms with Crippen LogP contribution in [0.5, 0.6) is 0 Å². The standard InChI is InChI=1S/C22H25BFN10O10PS/c1-8-31-19-14(20(36)32-8)29-7-34(19)22-15-9(3-35)11(42-22)4-40-45(23,37)43-16-10(2-30-46(38,39)44-15)41-21(12(16)24)33-6-28-13-17(25)26-5-27-18(13)33/h5-7,9-12,15-16,21-22,30,35H,2-4H2,1H3,(H2,25,26,27)(H,31,32,36). The molecule has 3 fully saturated rings. The molecule has 9 atom stereocenters. The molecule has 7 rings (SSSR count). The third-order valence-corrected chi connectivity index (χ3v) is 9.89. The molecule has 0 saturated carbocycles. The van der Waals surface area contributed by atoms with Crippen LogP contribution in [0, 0.1) is 12.8 Å². The number of hydrogen-bond acceptors (Lipinski definition) is 16. The zero-order valence-corrected chi connectivity index (χ0v) is 25.3. The van der Waals surface area contributed by atoms with E-state index >= 15 is 4.39 Å². The molecule has 0 amide bonds. The van der Waals surface area contributed by atoms with Gasteiger partial charge in [0.15, 0.2) is 41.3 Å². The number of anilines is 1. The van der Waals surface area contributed by atoms with Gasteiger partial charge in [0, 0.05) is 12.5 Å². The molecule has 5 N–H and O–H groups in total. The minimum Gasteiger partial charge on any atom is -0.396 e. The third kappa shape index (κ3) is 5.40. The molecule has 2 bridgehead atoms. The van der Waals surface area contributed by atoms with Gasteiger partial charge in [-0.05, 0) is 6.92 Å². The van der Waals surface area contributed by atoms with Crippen LogP contribution in [0.2, 0.25) is 0 Å². The van der Waals surface area contributed by atoms with Crippen LogP contribution in [-0.4, -0.2) is 110 Å². The Balaban J connectivity index is 1.22. The van der Waals surface area contributed by atoms with Crippen LogP contribution < -0.4 is 16.0 Å². The number of nitrogens with one attached hydrogen (secondary N) is 2. The summed E-state index contributed by atoms with van der Waals surface area (Å²) in [5.41, 5.74) is 5.53. The predicted molar refractivity (Wildman–Crippen MR) is 152 cm³/mol. The van der Waals surface area contributed by atoms with Crippen LogP contribution in [0.3, 0.4) is 0 Å². The van der Waals surface area contributed by atoms with Crippen molar-refractivity contribution in [1.82, 2.24) is 43.8 Å². The first-order valence-electron chi connectivity index (χ1n) is 13.7. The van der Waals surface area contributed by atoms with E-state index in [1.165, 1.54) is 28.7 Å². The summed E-state index contributed by atoms with van der Waals surface area (Å²) < 4.78 is 88.8. The van der Waals surface area contributed by atoms with E-state index in [2.05, 4.69) is 34.6 Å². The average molecular weight is 682 g/mol. The summed E-state index contributed by atoms with van der Waals surface area (Å²) in [7, 11) is -3.43. The van der Waals surface area contributed by atoms with Gasteiger partial charge in [-0.3, -0.25) is 18.5 Å². The Morgan fingerprint density at radius 3 is 2.59 bits per heavy atom. The number of aryl methyl sites for hydroxylation is 1. The van der Waals surface area contributed by atoms with Gasteiger partial charge in [-0.2, -0.15) is 13.1 Å². The normalized spacial score (nSPS) is 35.0. The maximum Gasteiger partial charge on any atom is 0.336 e. The Kier molecular flexibility index (Phi) is 7.72. The first-order valence-corrected chi connectivity index (χ1v) is 16.7. The molecule has 244 valence electrons. The number of alkyl halides is 1. The number of aromatic nitrogens is 8. The molecule has 9 unspecified atom stereocenters. The van der Waals surface area contributed by atoms with Crippen LogP contribution in [-0.2, 0) is 37.6 Å². The van der Waals surface area contributed by atoms with Crippen LogP contribution >= 0.6 is 7.47 Å². The third-order valence-electron chi connectivity index (χ3n) is 7.85. The topological polar surface area (TPSA) is 263 Å². The summed E-state index contributed by atoms with van der Waals surface area (Å²) in [6.07, 6.45) is -7.18. The molecule has 3 aliphatic rings. The number of aliphatic hydroxyl groups is 1. The fraction of sp³-hybridized carbons (Fsp3) is 0.545. The van der Waals surface area contributed by atoms with Crippen molar-refractivity contribution in [2.24, 2.45) is 5.92 Å². The van der Waals surface area contributed by atoms with E-state index in [1.807, 2.05) is 0 Å². The average Bonchev–Trinajstić information content (AvgIpc) is 3.75. The van der Waals surface area contributed by atoms with Crippen LogP contribution in [0.4, 0.5) is 10.2 Å². The molecule has 4 aromatic rings. The maximum absolute atomic E-state index is 16.0. The fourth-order valence-electron chi connectivity index (χ4n) is 5.74. The first kappa shape index (κ1) is 31.2. The Hall–Kier alpha value is -3.41. The molecule has 20 nitrogen and oxygen atoms in total. The number of nitrogens with zero attached hydrogens (tertiary/aromatic N) is 7. The van der Waals surface area contributed by atoms with Gasteiger partial charge in [-0.25, -0.2) is 33.5 Å². The zero-order valence-electron chi connectivity index (χ0n) is 23.6. The van der Waals surface area contributed by atoms with Gasteiger partial charge in [0.05, 0.1) is 32.0 Å². The molecule has 0 aromatic carbocycles. The highest BCUT2D eigenvalue weighted by atomic mass is 32.2. The number of aliphatic hydroxyl groups excluding tert-OH is 1. The van der Waals surface area contributed by atoms with Crippen molar-refractivity contribution in [3.63, 3.8) is 0 Å². The van der Waals surface area contributed by atoms with Crippen molar-refractivity contribution in [2.45, 2.75) is 50.0 Å². The van der Waals surface area contributed by atoms with E-state index in [0.717, 1.165) is 6.33 Å². The fourth-order valence-corrected chi connectivity index (χ4v) is 7.71. The van der Waals surface area contributed by atoms with E-state index in [9.17, 15) is 22.9 Å². The zero-order chi connectivity index (χ0) is 32.5. The molecule has 7 heterocycles. The van der Waals surface area contributed by atoms with Crippen LogP contribution in [0.1, 0.15) is 18.3 Å². The van der Waals surface area contributed by atoms with Crippen molar-refractivity contribution in [1.29, 1.82) is 0 Å². The number of nitrogens with two attached hydrogens (primary N) is 1. The van der Waals surface area contributed by atoms with Gasteiger partial charge < -0.3 is 34.3 Å². The summed E-state index contributed by atoms with van der Waals surface area (Å²) in [5, 5.41) is 10.3. The molecular weight excluding hydrogens is 657 g/mol. The molecule has 3 aliphatic heterocycles. The minimum absolute atomic E-state index is 0.0264. The maximum atomic E-state index is 16.0. The number of hydrogen-bond donors (Lipinski definition) is 4. The number of halogens is 1. The van der Waals surface area contributed by atoms with E-state index in [4.69, 9.17) is 36.0 Å². The number of rotatable bonds is 3. The van der Waals surface area contributed by atoms with Gasteiger partial charge >= 0.3 is 10.3 Å². The number of fused-ring (bicyclic) bond motifs is 5. The lowest BCUT2D eigenvalue weighted by molar-refractivity contribution is -0.0460. The first-order chi connectivity index (χ1) is 21.9. The summed E-state index contributed by atoms with van der Waals surface area (Å²) in [5.74, 6) is -0.847.